The summed E-state index contributed by atoms with van der Waals surface area (Å²) in [4.78, 5) is 55.6. The second-order valence-electron chi connectivity index (χ2n) is 15.3. The molecular formula is C44H50N6O6S. The van der Waals surface area contributed by atoms with Crippen molar-refractivity contribution in [3.05, 3.63) is 101 Å². The molecule has 2 aromatic heterocycles. The lowest BCUT2D eigenvalue weighted by atomic mass is 9.94. The zero-order chi connectivity index (χ0) is 40.1. The zero-order valence-corrected chi connectivity index (χ0v) is 34.1. The number of para-hydroxylation sites is 1. The molecule has 4 heterocycles. The zero-order valence-electron chi connectivity index (χ0n) is 33.3. The Kier molecular flexibility index (Phi) is 12.2. The number of rotatable bonds is 12. The number of ether oxygens (including phenoxy) is 3. The molecule has 12 nitrogen and oxygen atoms in total. The SMILES string of the molecule is CCOC(=O)CN1CCN(CCOc2cccc(-c3ccc(N4CCc5cccc(C(=O)Nc6nc7ccccc7s6)c5C4)nc3C(=O)OC(C)(C)C)c2C)CC1. The lowest BCUT2D eigenvalue weighted by Gasteiger charge is -2.33. The summed E-state index contributed by atoms with van der Waals surface area (Å²) in [7, 11) is 0. The van der Waals surface area contributed by atoms with E-state index in [1.54, 1.807) is 0 Å². The van der Waals surface area contributed by atoms with Crippen LogP contribution < -0.4 is 15.0 Å². The van der Waals surface area contributed by atoms with E-state index in [4.69, 9.17) is 19.2 Å². The Hall–Kier alpha value is -5.37. The molecule has 5 aromatic rings. The third-order valence-corrected chi connectivity index (χ3v) is 11.1. The summed E-state index contributed by atoms with van der Waals surface area (Å²) in [5.74, 6) is 0.451. The predicted octanol–water partition coefficient (Wildman–Crippen LogP) is 7.00. The fourth-order valence-corrected chi connectivity index (χ4v) is 8.17. The van der Waals surface area contributed by atoms with Crippen LogP contribution in [0.25, 0.3) is 21.3 Å². The summed E-state index contributed by atoms with van der Waals surface area (Å²) < 4.78 is 18.4. The highest BCUT2D eigenvalue weighted by atomic mass is 32.1. The second-order valence-corrected chi connectivity index (χ2v) is 16.4. The van der Waals surface area contributed by atoms with E-state index < -0.39 is 11.6 Å². The van der Waals surface area contributed by atoms with Crippen LogP contribution in [0.4, 0.5) is 10.9 Å². The summed E-state index contributed by atoms with van der Waals surface area (Å²) in [6, 6.07) is 23.4. The van der Waals surface area contributed by atoms with E-state index in [2.05, 4.69) is 31.1 Å². The Bertz CT molecular complexity index is 2230. The number of esters is 2. The molecule has 13 heteroatoms. The molecule has 0 atom stereocenters. The third-order valence-electron chi connectivity index (χ3n) is 10.2. The number of hydrogen-bond acceptors (Lipinski definition) is 12. The summed E-state index contributed by atoms with van der Waals surface area (Å²) >= 11 is 1.45. The van der Waals surface area contributed by atoms with Crippen LogP contribution in [0.1, 0.15) is 65.2 Å². The molecule has 0 bridgehead atoms. The molecule has 0 saturated carbocycles. The van der Waals surface area contributed by atoms with Gasteiger partial charge in [0.1, 0.15) is 23.8 Å². The Labute approximate surface area is 337 Å². The van der Waals surface area contributed by atoms with Gasteiger partial charge in [-0.1, -0.05) is 47.7 Å². The number of anilines is 2. The van der Waals surface area contributed by atoms with Crippen LogP contribution in [0, 0.1) is 6.92 Å². The highest BCUT2D eigenvalue weighted by Gasteiger charge is 2.28. The van der Waals surface area contributed by atoms with Gasteiger partial charge in [0.2, 0.25) is 0 Å². The van der Waals surface area contributed by atoms with Crippen molar-refractivity contribution < 1.29 is 28.6 Å². The Morgan fingerprint density at radius 1 is 0.860 bits per heavy atom. The lowest BCUT2D eigenvalue weighted by molar-refractivity contribution is -0.144. The Morgan fingerprint density at radius 3 is 2.40 bits per heavy atom. The monoisotopic (exact) mass is 790 g/mol. The van der Waals surface area contributed by atoms with Gasteiger partial charge in [0, 0.05) is 56.9 Å². The van der Waals surface area contributed by atoms with Gasteiger partial charge in [-0.05, 0) is 99.7 Å². The van der Waals surface area contributed by atoms with Crippen LogP contribution >= 0.6 is 11.3 Å². The molecule has 2 aliphatic rings. The number of pyridine rings is 1. The Morgan fingerprint density at radius 2 is 1.63 bits per heavy atom. The number of carbonyl (C=O) groups is 3. The minimum atomic E-state index is -0.730. The number of hydrogen-bond donors (Lipinski definition) is 1. The van der Waals surface area contributed by atoms with Crippen molar-refractivity contribution in [3.8, 4) is 16.9 Å². The van der Waals surface area contributed by atoms with Crippen molar-refractivity contribution in [1.29, 1.82) is 0 Å². The predicted molar refractivity (Wildman–Crippen MR) is 223 cm³/mol. The van der Waals surface area contributed by atoms with E-state index in [0.717, 1.165) is 70.9 Å². The van der Waals surface area contributed by atoms with Gasteiger partial charge >= 0.3 is 11.9 Å². The first-order valence-electron chi connectivity index (χ1n) is 19.6. The maximum Gasteiger partial charge on any atom is 0.358 e. The normalized spacial score (nSPS) is 14.9. The van der Waals surface area contributed by atoms with Gasteiger partial charge < -0.3 is 19.1 Å². The maximum atomic E-state index is 13.9. The van der Waals surface area contributed by atoms with Crippen LogP contribution in [-0.2, 0) is 27.2 Å². The van der Waals surface area contributed by atoms with Crippen molar-refractivity contribution >= 4 is 50.3 Å². The van der Waals surface area contributed by atoms with Gasteiger partial charge in [-0.25, -0.2) is 14.8 Å². The number of aromatic nitrogens is 2. The summed E-state index contributed by atoms with van der Waals surface area (Å²) in [6.45, 7) is 15.7. The Balaban J connectivity index is 1.08. The maximum absolute atomic E-state index is 13.9. The molecule has 0 unspecified atom stereocenters. The summed E-state index contributed by atoms with van der Waals surface area (Å²) in [5, 5.41) is 3.57. The number of carbonyl (C=O) groups excluding carboxylic acids is 3. The molecule has 1 saturated heterocycles. The number of thiazole rings is 1. The van der Waals surface area contributed by atoms with Crippen LogP contribution in [-0.4, -0.2) is 102 Å². The fraction of sp³-hybridized carbons (Fsp3) is 0.386. The van der Waals surface area contributed by atoms with Gasteiger partial charge in [0.05, 0.1) is 23.4 Å². The molecule has 1 N–H and O–H groups in total. The van der Waals surface area contributed by atoms with Crippen LogP contribution in [0.2, 0.25) is 0 Å². The minimum Gasteiger partial charge on any atom is -0.492 e. The summed E-state index contributed by atoms with van der Waals surface area (Å²) in [6.07, 6.45) is 0.713. The van der Waals surface area contributed by atoms with Crippen LogP contribution in [0.15, 0.2) is 72.8 Å². The number of nitrogens with zero attached hydrogens (tertiary/aromatic N) is 5. The minimum absolute atomic E-state index is 0.182. The average Bonchev–Trinajstić information content (AvgIpc) is 3.60. The number of benzene rings is 3. The topological polar surface area (TPSA) is 126 Å². The number of fused-ring (bicyclic) bond motifs is 2. The molecule has 0 radical (unpaired) electrons. The van der Waals surface area contributed by atoms with Crippen molar-refractivity contribution in [2.24, 2.45) is 0 Å². The van der Waals surface area contributed by atoms with E-state index >= 15 is 0 Å². The fourth-order valence-electron chi connectivity index (χ4n) is 7.31. The molecule has 298 valence electrons. The number of piperazine rings is 1. The van der Waals surface area contributed by atoms with Gasteiger partial charge in [-0.15, -0.1) is 0 Å². The lowest BCUT2D eigenvalue weighted by Crippen LogP contribution is -2.49. The smallest absolute Gasteiger partial charge is 0.358 e. The average molecular weight is 791 g/mol. The van der Waals surface area contributed by atoms with Crippen LogP contribution in [0.3, 0.4) is 0 Å². The van der Waals surface area contributed by atoms with E-state index in [9.17, 15) is 14.4 Å². The molecule has 1 fully saturated rings. The van der Waals surface area contributed by atoms with Gasteiger partial charge in [-0.3, -0.25) is 24.7 Å². The first-order valence-corrected chi connectivity index (χ1v) is 20.4. The van der Waals surface area contributed by atoms with E-state index in [1.165, 1.54) is 11.3 Å². The van der Waals surface area contributed by atoms with Gasteiger partial charge in [0.15, 0.2) is 10.8 Å². The van der Waals surface area contributed by atoms with E-state index in [1.807, 2.05) is 101 Å². The van der Waals surface area contributed by atoms with Crippen molar-refractivity contribution in [3.63, 3.8) is 0 Å². The third kappa shape index (κ3) is 9.61. The van der Waals surface area contributed by atoms with E-state index in [-0.39, 0.29) is 17.6 Å². The molecule has 0 spiro atoms. The molecule has 3 aromatic carbocycles. The van der Waals surface area contributed by atoms with Gasteiger partial charge in [-0.2, -0.15) is 0 Å². The highest BCUT2D eigenvalue weighted by Crippen LogP contribution is 2.35. The van der Waals surface area contributed by atoms with Crippen molar-refractivity contribution in [2.75, 3.05) is 69.2 Å². The molecule has 57 heavy (non-hydrogen) atoms. The molecule has 2 aliphatic heterocycles. The standard InChI is InChI=1S/C44H50N6O6S/c1-6-54-39(51)28-49-23-21-48(22-24-49)25-26-55-36-15-10-12-31(29(36)2)32-17-18-38(46-40(32)42(53)56-44(3,4)5)50-20-19-30-11-9-13-33(34(30)27-50)41(52)47-43-45-35-14-7-8-16-37(35)57-43/h7-18H,6,19-28H2,1-5H3,(H,45,47,52). The van der Waals surface area contributed by atoms with E-state index in [0.29, 0.717) is 61.3 Å². The largest absolute Gasteiger partial charge is 0.492 e. The molecule has 1 amide bonds. The number of amides is 1. The molecular weight excluding hydrogens is 741 g/mol. The quantitative estimate of drug-likeness (QED) is 0.131. The van der Waals surface area contributed by atoms with Gasteiger partial charge in [0.25, 0.3) is 5.91 Å². The summed E-state index contributed by atoms with van der Waals surface area (Å²) in [5.41, 5.74) is 5.33. The second kappa shape index (κ2) is 17.4. The molecule has 0 aliphatic carbocycles. The first-order chi connectivity index (χ1) is 27.5. The first kappa shape index (κ1) is 39.8. The van der Waals surface area contributed by atoms with Crippen molar-refractivity contribution in [2.45, 2.75) is 53.2 Å². The molecule has 7 rings (SSSR count). The highest BCUT2D eigenvalue weighted by molar-refractivity contribution is 7.22. The number of nitrogens with one attached hydrogen (secondary N) is 1. The van der Waals surface area contributed by atoms with Crippen molar-refractivity contribution in [1.82, 2.24) is 19.8 Å². The van der Waals surface area contributed by atoms with Crippen LogP contribution in [0.5, 0.6) is 5.75 Å².